The number of rotatable bonds is 7. The van der Waals surface area contributed by atoms with Crippen molar-refractivity contribution in [1.29, 1.82) is 0 Å². The first-order valence-electron chi connectivity index (χ1n) is 9.64. The Hall–Kier alpha value is -2.79. The lowest BCUT2D eigenvalue weighted by Gasteiger charge is -2.09. The summed E-state index contributed by atoms with van der Waals surface area (Å²) in [4.78, 5) is 14.0. The monoisotopic (exact) mass is 391 g/mol. The number of hydrogen-bond acceptors (Lipinski definition) is 2. The van der Waals surface area contributed by atoms with E-state index in [4.69, 9.17) is 0 Å². The van der Waals surface area contributed by atoms with Crippen LogP contribution in [0.1, 0.15) is 33.0 Å². The van der Waals surface area contributed by atoms with Gasteiger partial charge in [-0.2, -0.15) is 0 Å². The van der Waals surface area contributed by atoms with E-state index in [2.05, 4.69) is 75.4 Å². The van der Waals surface area contributed by atoms with E-state index in [0.29, 0.717) is 6.54 Å². The molecule has 1 amide bonds. The zero-order valence-electron chi connectivity index (χ0n) is 16.3. The van der Waals surface area contributed by atoms with Crippen LogP contribution >= 0.6 is 11.3 Å². The molecule has 0 aliphatic carbocycles. The van der Waals surface area contributed by atoms with Crippen LogP contribution in [0.25, 0.3) is 10.9 Å². The van der Waals surface area contributed by atoms with Crippen molar-refractivity contribution < 1.29 is 4.79 Å². The topological polar surface area (TPSA) is 39.0 Å². The molecule has 0 saturated heterocycles. The van der Waals surface area contributed by atoms with Gasteiger partial charge in [0.15, 0.2) is 0 Å². The van der Waals surface area contributed by atoms with Crippen LogP contribution in [0, 0.1) is 13.8 Å². The third-order valence-electron chi connectivity index (χ3n) is 5.25. The van der Waals surface area contributed by atoms with E-state index in [9.17, 15) is 4.79 Å². The summed E-state index contributed by atoms with van der Waals surface area (Å²) in [7, 11) is 0. The predicted octanol–water partition coefficient (Wildman–Crippen LogP) is 4.99. The lowest BCUT2D eigenvalue weighted by Crippen LogP contribution is -2.25. The first kappa shape index (κ1) is 18.6. The minimum atomic E-state index is 0.0166. The molecule has 0 unspecified atom stereocenters. The van der Waals surface area contributed by atoms with E-state index >= 15 is 0 Å². The maximum absolute atomic E-state index is 12.7. The highest BCUT2D eigenvalue weighted by Crippen LogP contribution is 2.19. The van der Waals surface area contributed by atoms with Crippen LogP contribution in [-0.4, -0.2) is 21.6 Å². The number of para-hydroxylation sites is 1. The molecule has 4 nitrogen and oxygen atoms in total. The Bertz CT molecular complexity index is 1090. The molecule has 0 bridgehead atoms. The summed E-state index contributed by atoms with van der Waals surface area (Å²) >= 11 is 1.75. The van der Waals surface area contributed by atoms with Crippen LogP contribution in [0.5, 0.6) is 0 Å². The van der Waals surface area contributed by atoms with Crippen molar-refractivity contribution in [3.63, 3.8) is 0 Å². The van der Waals surface area contributed by atoms with Gasteiger partial charge in [0.1, 0.15) is 0 Å². The van der Waals surface area contributed by atoms with Gasteiger partial charge in [-0.15, -0.1) is 11.3 Å². The lowest BCUT2D eigenvalue weighted by atomic mass is 10.2. The summed E-state index contributed by atoms with van der Waals surface area (Å²) in [6, 6.07) is 16.7. The van der Waals surface area contributed by atoms with E-state index in [1.165, 1.54) is 15.8 Å². The highest BCUT2D eigenvalue weighted by Gasteiger charge is 2.15. The van der Waals surface area contributed by atoms with Gasteiger partial charge in [0.2, 0.25) is 0 Å². The van der Waals surface area contributed by atoms with Crippen LogP contribution in [0.4, 0.5) is 0 Å². The smallest absolute Gasteiger partial charge is 0.253 e. The molecule has 4 aromatic rings. The minimum absolute atomic E-state index is 0.0166. The maximum atomic E-state index is 12.7. The summed E-state index contributed by atoms with van der Waals surface area (Å²) in [6.07, 6.45) is 3.02. The number of carbonyl (C=O) groups excluding carboxylic acids is 1. The fourth-order valence-corrected chi connectivity index (χ4v) is 4.41. The van der Waals surface area contributed by atoms with Gasteiger partial charge in [0, 0.05) is 41.1 Å². The van der Waals surface area contributed by atoms with Gasteiger partial charge in [0.05, 0.1) is 12.1 Å². The fraction of sp³-hybridized carbons (Fsp3) is 0.261. The molecule has 0 fully saturated rings. The Kier molecular flexibility index (Phi) is 5.35. The van der Waals surface area contributed by atoms with Crippen molar-refractivity contribution in [1.82, 2.24) is 14.5 Å². The second-order valence-corrected chi connectivity index (χ2v) is 8.16. The molecular weight excluding hydrogens is 366 g/mol. The first-order chi connectivity index (χ1) is 13.6. The quantitative estimate of drug-likeness (QED) is 0.443. The van der Waals surface area contributed by atoms with E-state index < -0.39 is 0 Å². The van der Waals surface area contributed by atoms with Crippen LogP contribution in [0.15, 0.2) is 60.1 Å². The highest BCUT2D eigenvalue weighted by atomic mass is 32.1. The number of aromatic nitrogens is 2. The highest BCUT2D eigenvalue weighted by molar-refractivity contribution is 7.09. The van der Waals surface area contributed by atoms with Crippen LogP contribution in [0.2, 0.25) is 0 Å². The van der Waals surface area contributed by atoms with Crippen LogP contribution in [-0.2, 0) is 13.1 Å². The number of hydrogen-bond donors (Lipinski definition) is 1. The molecule has 0 saturated carbocycles. The van der Waals surface area contributed by atoms with Crippen molar-refractivity contribution in [3.8, 4) is 0 Å². The molecule has 144 valence electrons. The van der Waals surface area contributed by atoms with Crippen molar-refractivity contribution in [3.05, 3.63) is 81.9 Å². The summed E-state index contributed by atoms with van der Waals surface area (Å²) in [6.45, 7) is 6.48. The summed E-state index contributed by atoms with van der Waals surface area (Å²) in [5.41, 5.74) is 4.17. The van der Waals surface area contributed by atoms with Crippen molar-refractivity contribution in [2.24, 2.45) is 0 Å². The van der Waals surface area contributed by atoms with Gasteiger partial charge >= 0.3 is 0 Å². The largest absolute Gasteiger partial charge is 0.352 e. The average Bonchev–Trinajstić information content (AvgIpc) is 3.42. The van der Waals surface area contributed by atoms with Gasteiger partial charge < -0.3 is 14.5 Å². The number of nitrogens with one attached hydrogen (secondary N) is 1. The van der Waals surface area contributed by atoms with Crippen molar-refractivity contribution in [2.45, 2.75) is 33.4 Å². The van der Waals surface area contributed by atoms with Gasteiger partial charge in [-0.1, -0.05) is 24.3 Å². The molecule has 3 aromatic heterocycles. The minimum Gasteiger partial charge on any atom is -0.352 e. The lowest BCUT2D eigenvalue weighted by molar-refractivity contribution is 0.0952. The van der Waals surface area contributed by atoms with Gasteiger partial charge in [-0.3, -0.25) is 4.79 Å². The SMILES string of the molecule is Cc1cc(C(=O)NCCCn2ccc3ccccc32)c(C)n1Cc1cccs1. The average molecular weight is 392 g/mol. The standard InChI is InChI=1S/C23H25N3OS/c1-17-15-21(18(2)26(17)16-20-8-5-14-28-20)23(27)24-11-6-12-25-13-10-19-7-3-4-9-22(19)25/h3-5,7-10,13-15H,6,11-12,16H2,1-2H3,(H,24,27). The summed E-state index contributed by atoms with van der Waals surface area (Å²) in [5, 5.41) is 6.43. The Morgan fingerprint density at radius 2 is 1.96 bits per heavy atom. The number of thiophene rings is 1. The molecule has 28 heavy (non-hydrogen) atoms. The molecule has 0 atom stereocenters. The molecule has 3 heterocycles. The van der Waals surface area contributed by atoms with E-state index in [0.717, 1.165) is 36.5 Å². The normalized spacial score (nSPS) is 11.2. The Balaban J connectivity index is 1.35. The fourth-order valence-electron chi connectivity index (χ4n) is 3.71. The third-order valence-corrected chi connectivity index (χ3v) is 6.12. The molecule has 1 N–H and O–H groups in total. The van der Waals surface area contributed by atoms with Crippen LogP contribution < -0.4 is 5.32 Å². The summed E-state index contributed by atoms with van der Waals surface area (Å²) in [5.74, 6) is 0.0166. The van der Waals surface area contributed by atoms with Gasteiger partial charge in [-0.05, 0) is 55.3 Å². The van der Waals surface area contributed by atoms with Crippen LogP contribution in [0.3, 0.4) is 0 Å². The van der Waals surface area contributed by atoms with E-state index in [-0.39, 0.29) is 5.91 Å². The molecule has 5 heteroatoms. The predicted molar refractivity (Wildman–Crippen MR) is 116 cm³/mol. The zero-order valence-corrected chi connectivity index (χ0v) is 17.1. The number of nitrogens with zero attached hydrogens (tertiary/aromatic N) is 2. The van der Waals surface area contributed by atoms with Crippen molar-refractivity contribution in [2.75, 3.05) is 6.54 Å². The maximum Gasteiger partial charge on any atom is 0.253 e. The Morgan fingerprint density at radius 1 is 1.11 bits per heavy atom. The second kappa shape index (κ2) is 8.07. The summed E-state index contributed by atoms with van der Waals surface area (Å²) < 4.78 is 4.46. The van der Waals surface area contributed by atoms with E-state index in [1.54, 1.807) is 11.3 Å². The molecule has 0 radical (unpaired) electrons. The number of fused-ring (bicyclic) bond motifs is 1. The number of amides is 1. The Labute approximate surface area is 169 Å². The number of aryl methyl sites for hydroxylation is 2. The van der Waals surface area contributed by atoms with Crippen molar-refractivity contribution >= 4 is 28.1 Å². The van der Waals surface area contributed by atoms with Gasteiger partial charge in [-0.25, -0.2) is 0 Å². The molecule has 0 aliphatic heterocycles. The molecule has 1 aromatic carbocycles. The molecule has 4 rings (SSSR count). The van der Waals surface area contributed by atoms with E-state index in [1.807, 2.05) is 13.0 Å². The molecular formula is C23H25N3OS. The number of benzene rings is 1. The Morgan fingerprint density at radius 3 is 2.79 bits per heavy atom. The number of carbonyl (C=O) groups is 1. The third kappa shape index (κ3) is 3.76. The second-order valence-electron chi connectivity index (χ2n) is 7.13. The molecule has 0 spiro atoms. The first-order valence-corrected chi connectivity index (χ1v) is 10.5. The molecule has 0 aliphatic rings. The van der Waals surface area contributed by atoms with Gasteiger partial charge in [0.25, 0.3) is 5.91 Å². The zero-order chi connectivity index (χ0) is 19.5.